The highest BCUT2D eigenvalue weighted by molar-refractivity contribution is 5.89. The molecule has 2 aromatic heterocycles. The van der Waals surface area contributed by atoms with Crippen LogP contribution in [0.25, 0.3) is 89.9 Å². The number of benzene rings is 9. The standard InChI is InChI=1S/C64H41N5/c65-42-43-24-34-56-57-35-33-50(41-59(57)64(58(56)37-43,54-19-9-3-10-20-54)55-21-11-4-12-22-55)46-25-27-47(28-26-46)51-38-52(60-23-13-14-36-66-60)40-53(39-51)63-68-61(48-17-7-2-8-18-48)67-62(69-63)49-31-29-45(30-32-49)44-15-5-1-6-16-44/h1-41H. The fourth-order valence-electron chi connectivity index (χ4n) is 9.99. The minimum Gasteiger partial charge on any atom is -0.256 e. The Bertz CT molecular complexity index is 3640. The summed E-state index contributed by atoms with van der Waals surface area (Å²) in [5.41, 5.74) is 18.0. The number of aromatic nitrogens is 4. The van der Waals surface area contributed by atoms with Gasteiger partial charge in [-0.05, 0) is 115 Å². The Labute approximate surface area is 401 Å². The lowest BCUT2D eigenvalue weighted by atomic mass is 9.67. The molecule has 0 spiro atoms. The largest absolute Gasteiger partial charge is 0.256 e. The third kappa shape index (κ3) is 7.47. The van der Waals surface area contributed by atoms with E-state index in [9.17, 15) is 5.26 Å². The molecule has 9 aromatic carbocycles. The Morgan fingerprint density at radius 1 is 0.319 bits per heavy atom. The van der Waals surface area contributed by atoms with Crippen LogP contribution in [0, 0.1) is 11.3 Å². The first-order valence-corrected chi connectivity index (χ1v) is 23.1. The normalized spacial score (nSPS) is 12.2. The zero-order valence-corrected chi connectivity index (χ0v) is 37.4. The highest BCUT2D eigenvalue weighted by Gasteiger charge is 2.46. The quantitative estimate of drug-likeness (QED) is 0.144. The molecule has 1 aliphatic carbocycles. The molecule has 0 fully saturated rings. The summed E-state index contributed by atoms with van der Waals surface area (Å²) in [5.74, 6) is 1.77. The molecule has 69 heavy (non-hydrogen) atoms. The van der Waals surface area contributed by atoms with E-state index in [0.717, 1.165) is 83.6 Å². The van der Waals surface area contributed by atoms with Crippen LogP contribution in [0.3, 0.4) is 0 Å². The van der Waals surface area contributed by atoms with Crippen LogP contribution in [-0.2, 0) is 5.41 Å². The summed E-state index contributed by atoms with van der Waals surface area (Å²) in [6.07, 6.45) is 1.83. The monoisotopic (exact) mass is 879 g/mol. The average Bonchev–Trinajstić information content (AvgIpc) is 3.73. The van der Waals surface area contributed by atoms with E-state index < -0.39 is 5.41 Å². The highest BCUT2D eigenvalue weighted by atomic mass is 15.0. The molecule has 0 N–H and O–H groups in total. The predicted molar refractivity (Wildman–Crippen MR) is 278 cm³/mol. The van der Waals surface area contributed by atoms with Crippen LogP contribution in [0.1, 0.15) is 27.8 Å². The van der Waals surface area contributed by atoms with E-state index in [0.29, 0.717) is 23.0 Å². The molecule has 322 valence electrons. The van der Waals surface area contributed by atoms with Gasteiger partial charge in [-0.1, -0.05) is 194 Å². The number of nitriles is 1. The van der Waals surface area contributed by atoms with Crippen molar-refractivity contribution in [1.82, 2.24) is 19.9 Å². The molecule has 12 rings (SSSR count). The Morgan fingerprint density at radius 3 is 1.32 bits per heavy atom. The first kappa shape index (κ1) is 41.1. The van der Waals surface area contributed by atoms with Gasteiger partial charge in [0.25, 0.3) is 0 Å². The van der Waals surface area contributed by atoms with E-state index in [4.69, 9.17) is 19.9 Å². The Hall–Kier alpha value is -9.37. The third-order valence-electron chi connectivity index (χ3n) is 13.3. The van der Waals surface area contributed by atoms with Gasteiger partial charge in [-0.3, -0.25) is 4.98 Å². The van der Waals surface area contributed by atoms with E-state index in [1.807, 2.05) is 66.9 Å². The van der Waals surface area contributed by atoms with E-state index in [1.54, 1.807) is 0 Å². The zero-order chi connectivity index (χ0) is 46.2. The second-order valence-electron chi connectivity index (χ2n) is 17.3. The van der Waals surface area contributed by atoms with Gasteiger partial charge in [0.1, 0.15) is 0 Å². The molecule has 0 saturated carbocycles. The fraction of sp³-hybridized carbons (Fsp3) is 0.0156. The zero-order valence-electron chi connectivity index (χ0n) is 37.4. The summed E-state index contributed by atoms with van der Waals surface area (Å²) in [5, 5.41) is 10.1. The Kier molecular flexibility index (Phi) is 10.4. The minimum atomic E-state index is -0.626. The van der Waals surface area contributed by atoms with Crippen molar-refractivity contribution in [3.05, 3.63) is 277 Å². The van der Waals surface area contributed by atoms with Gasteiger partial charge >= 0.3 is 0 Å². The molecule has 0 unspecified atom stereocenters. The molecular weight excluding hydrogens is 839 g/mol. The van der Waals surface area contributed by atoms with Gasteiger partial charge in [0.2, 0.25) is 0 Å². The number of fused-ring (bicyclic) bond motifs is 3. The minimum absolute atomic E-state index is 0.572. The molecule has 5 heteroatoms. The number of hydrogen-bond acceptors (Lipinski definition) is 5. The van der Waals surface area contributed by atoms with Gasteiger partial charge in [-0.2, -0.15) is 5.26 Å². The van der Waals surface area contributed by atoms with Crippen molar-refractivity contribution in [3.8, 4) is 96.0 Å². The smallest absolute Gasteiger partial charge is 0.164 e. The van der Waals surface area contributed by atoms with Gasteiger partial charge in [0.15, 0.2) is 17.5 Å². The Balaban J connectivity index is 0.967. The van der Waals surface area contributed by atoms with E-state index >= 15 is 0 Å². The van der Waals surface area contributed by atoms with Gasteiger partial charge in [0, 0.05) is 28.5 Å². The third-order valence-corrected chi connectivity index (χ3v) is 13.3. The lowest BCUT2D eigenvalue weighted by Gasteiger charge is -2.34. The molecule has 0 saturated heterocycles. The van der Waals surface area contributed by atoms with E-state index in [1.165, 1.54) is 11.1 Å². The number of hydrogen-bond donors (Lipinski definition) is 0. The summed E-state index contributed by atoms with van der Waals surface area (Å²) >= 11 is 0. The second-order valence-corrected chi connectivity index (χ2v) is 17.3. The lowest BCUT2D eigenvalue weighted by Crippen LogP contribution is -2.28. The SMILES string of the molecule is N#Cc1ccc2c(c1)C(c1ccccc1)(c1ccccc1)c1cc(-c3ccc(-c4cc(-c5ccccn5)cc(-c5nc(-c6ccccc6)nc(-c6ccc(-c7ccccc7)cc6)n5)c4)cc3)ccc1-2. The van der Waals surface area contributed by atoms with Crippen LogP contribution >= 0.6 is 0 Å². The van der Waals surface area contributed by atoms with Crippen LogP contribution in [-0.4, -0.2) is 19.9 Å². The topological polar surface area (TPSA) is 75.3 Å². The fourth-order valence-corrected chi connectivity index (χ4v) is 9.99. The first-order valence-electron chi connectivity index (χ1n) is 23.1. The highest BCUT2D eigenvalue weighted by Crippen LogP contribution is 2.57. The molecule has 1 aliphatic rings. The summed E-state index contributed by atoms with van der Waals surface area (Å²) < 4.78 is 0. The molecule has 0 amide bonds. The van der Waals surface area contributed by atoms with Crippen molar-refractivity contribution in [1.29, 1.82) is 5.26 Å². The number of rotatable bonds is 9. The van der Waals surface area contributed by atoms with E-state index in [2.05, 4.69) is 188 Å². The Morgan fingerprint density at radius 2 is 0.739 bits per heavy atom. The summed E-state index contributed by atoms with van der Waals surface area (Å²) in [4.78, 5) is 20.1. The maximum absolute atomic E-state index is 10.1. The van der Waals surface area contributed by atoms with Crippen molar-refractivity contribution in [3.63, 3.8) is 0 Å². The van der Waals surface area contributed by atoms with Crippen molar-refractivity contribution in [2.45, 2.75) is 5.41 Å². The number of nitrogens with zero attached hydrogens (tertiary/aromatic N) is 5. The van der Waals surface area contributed by atoms with Crippen LogP contribution in [0.2, 0.25) is 0 Å². The second kappa shape index (κ2) is 17.5. The van der Waals surface area contributed by atoms with Crippen molar-refractivity contribution in [2.75, 3.05) is 0 Å². The molecule has 2 heterocycles. The van der Waals surface area contributed by atoms with Crippen LogP contribution in [0.15, 0.2) is 249 Å². The molecule has 0 atom stereocenters. The lowest BCUT2D eigenvalue weighted by molar-refractivity contribution is 0.768. The summed E-state index contributed by atoms with van der Waals surface area (Å²) in [7, 11) is 0. The summed E-state index contributed by atoms with van der Waals surface area (Å²) in [6, 6.07) is 86.9. The van der Waals surface area contributed by atoms with Crippen LogP contribution < -0.4 is 0 Å². The first-order chi connectivity index (χ1) is 34.1. The predicted octanol–water partition coefficient (Wildman–Crippen LogP) is 15.2. The van der Waals surface area contributed by atoms with Gasteiger partial charge in [-0.25, -0.2) is 15.0 Å². The van der Waals surface area contributed by atoms with Crippen LogP contribution in [0.4, 0.5) is 0 Å². The summed E-state index contributed by atoms with van der Waals surface area (Å²) in [6.45, 7) is 0. The molecule has 0 aliphatic heterocycles. The number of pyridine rings is 1. The molecule has 0 bridgehead atoms. The van der Waals surface area contributed by atoms with Gasteiger partial charge in [-0.15, -0.1) is 0 Å². The van der Waals surface area contributed by atoms with Crippen LogP contribution in [0.5, 0.6) is 0 Å². The van der Waals surface area contributed by atoms with Gasteiger partial charge < -0.3 is 0 Å². The average molecular weight is 880 g/mol. The molecular formula is C64H41N5. The maximum Gasteiger partial charge on any atom is 0.164 e. The molecule has 0 radical (unpaired) electrons. The van der Waals surface area contributed by atoms with Crippen molar-refractivity contribution >= 4 is 0 Å². The maximum atomic E-state index is 10.1. The van der Waals surface area contributed by atoms with E-state index in [-0.39, 0.29) is 0 Å². The molecule has 11 aromatic rings. The van der Waals surface area contributed by atoms with Crippen molar-refractivity contribution in [2.24, 2.45) is 0 Å². The van der Waals surface area contributed by atoms with Gasteiger partial charge in [0.05, 0.1) is 22.7 Å². The molecule has 5 nitrogen and oxygen atoms in total. The van der Waals surface area contributed by atoms with Crippen molar-refractivity contribution < 1.29 is 0 Å².